The molecular formula is C15H15N3O2S. The van der Waals surface area contributed by atoms with E-state index in [1.54, 1.807) is 49.6 Å². The van der Waals surface area contributed by atoms with E-state index >= 15 is 0 Å². The summed E-state index contributed by atoms with van der Waals surface area (Å²) in [6.45, 7) is 1.75. The normalized spacial score (nSPS) is 12.6. The second kappa shape index (κ2) is 6.48. The Bertz CT molecular complexity index is 752. The van der Waals surface area contributed by atoms with Crippen molar-refractivity contribution in [1.82, 2.24) is 9.71 Å². The predicted molar refractivity (Wildman–Crippen MR) is 79.6 cm³/mol. The van der Waals surface area contributed by atoms with Gasteiger partial charge in [0.15, 0.2) is 0 Å². The lowest BCUT2D eigenvalue weighted by Gasteiger charge is -2.14. The Hall–Kier alpha value is -2.23. The standard InChI is InChI=1S/C15H15N3O2S/c1-12(14-7-4-8-17-10-14)18-21(19,20)11-15-6-3-2-5-13(15)9-16/h2-8,10,12,18H,11H2,1H3. The molecule has 1 atom stereocenters. The minimum atomic E-state index is -3.54. The smallest absolute Gasteiger partial charge is 0.216 e. The van der Waals surface area contributed by atoms with Gasteiger partial charge in [-0.1, -0.05) is 24.3 Å². The van der Waals surface area contributed by atoms with Crippen molar-refractivity contribution in [1.29, 1.82) is 5.26 Å². The van der Waals surface area contributed by atoms with Crippen LogP contribution in [0.5, 0.6) is 0 Å². The zero-order valence-electron chi connectivity index (χ0n) is 11.5. The quantitative estimate of drug-likeness (QED) is 0.917. The molecule has 1 N–H and O–H groups in total. The van der Waals surface area contributed by atoms with Gasteiger partial charge in [0.05, 0.1) is 17.4 Å². The number of nitriles is 1. The van der Waals surface area contributed by atoms with Gasteiger partial charge in [-0.15, -0.1) is 0 Å². The summed E-state index contributed by atoms with van der Waals surface area (Å²) in [6, 6.07) is 11.9. The fourth-order valence-corrected chi connectivity index (χ4v) is 3.39. The number of rotatable bonds is 5. The Kier molecular flexibility index (Phi) is 4.68. The average molecular weight is 301 g/mol. The first-order valence-corrected chi connectivity index (χ1v) is 8.05. The molecule has 1 unspecified atom stereocenters. The van der Waals surface area contributed by atoms with Gasteiger partial charge in [0.2, 0.25) is 10.0 Å². The van der Waals surface area contributed by atoms with E-state index in [4.69, 9.17) is 5.26 Å². The highest BCUT2D eigenvalue weighted by molar-refractivity contribution is 7.88. The van der Waals surface area contributed by atoms with Gasteiger partial charge < -0.3 is 0 Å². The van der Waals surface area contributed by atoms with Crippen molar-refractivity contribution >= 4 is 10.0 Å². The second-order valence-corrected chi connectivity index (χ2v) is 6.41. The highest BCUT2D eigenvalue weighted by atomic mass is 32.2. The van der Waals surface area contributed by atoms with Crippen LogP contribution in [-0.4, -0.2) is 13.4 Å². The summed E-state index contributed by atoms with van der Waals surface area (Å²) in [6.07, 6.45) is 3.25. The van der Waals surface area contributed by atoms with Crippen molar-refractivity contribution in [2.45, 2.75) is 18.7 Å². The lowest BCUT2D eigenvalue weighted by atomic mass is 10.1. The molecule has 2 rings (SSSR count). The monoisotopic (exact) mass is 301 g/mol. The second-order valence-electron chi connectivity index (χ2n) is 4.65. The first-order chi connectivity index (χ1) is 10.0. The van der Waals surface area contributed by atoms with Crippen LogP contribution in [0.3, 0.4) is 0 Å². The number of sulfonamides is 1. The van der Waals surface area contributed by atoms with Crippen LogP contribution < -0.4 is 4.72 Å². The third-order valence-electron chi connectivity index (χ3n) is 3.02. The first kappa shape index (κ1) is 15.2. The van der Waals surface area contributed by atoms with Crippen molar-refractivity contribution in [3.05, 3.63) is 65.5 Å². The fraction of sp³-hybridized carbons (Fsp3) is 0.200. The van der Waals surface area contributed by atoms with Gasteiger partial charge in [-0.05, 0) is 30.2 Å². The summed E-state index contributed by atoms with van der Waals surface area (Å²) < 4.78 is 27.0. The van der Waals surface area contributed by atoms with E-state index in [9.17, 15) is 8.42 Å². The summed E-state index contributed by atoms with van der Waals surface area (Å²) in [5.74, 6) is -0.221. The van der Waals surface area contributed by atoms with E-state index in [0.29, 0.717) is 11.1 Å². The summed E-state index contributed by atoms with van der Waals surface area (Å²) in [4.78, 5) is 3.97. The van der Waals surface area contributed by atoms with Crippen LogP contribution in [0.2, 0.25) is 0 Å². The molecule has 0 radical (unpaired) electrons. The zero-order valence-corrected chi connectivity index (χ0v) is 12.3. The molecule has 2 aromatic rings. The maximum atomic E-state index is 12.2. The van der Waals surface area contributed by atoms with Crippen LogP contribution in [0.15, 0.2) is 48.8 Å². The third kappa shape index (κ3) is 4.12. The van der Waals surface area contributed by atoms with Crippen LogP contribution in [0.4, 0.5) is 0 Å². The van der Waals surface area contributed by atoms with Crippen molar-refractivity contribution in [3.8, 4) is 6.07 Å². The van der Waals surface area contributed by atoms with E-state index < -0.39 is 10.0 Å². The molecule has 0 spiro atoms. The van der Waals surface area contributed by atoms with Crippen molar-refractivity contribution in [2.24, 2.45) is 0 Å². The SMILES string of the molecule is CC(NS(=O)(=O)Cc1ccccc1C#N)c1cccnc1. The summed E-state index contributed by atoms with van der Waals surface area (Å²) in [5, 5.41) is 9.00. The summed E-state index contributed by atoms with van der Waals surface area (Å²) in [5.41, 5.74) is 1.65. The highest BCUT2D eigenvalue weighted by Gasteiger charge is 2.18. The van der Waals surface area contributed by atoms with E-state index in [2.05, 4.69) is 9.71 Å². The van der Waals surface area contributed by atoms with Crippen LogP contribution in [0.1, 0.15) is 29.7 Å². The molecule has 108 valence electrons. The molecule has 0 saturated carbocycles. The Morgan fingerprint density at radius 1 is 1.29 bits per heavy atom. The topological polar surface area (TPSA) is 82.9 Å². The van der Waals surface area contributed by atoms with Gasteiger partial charge >= 0.3 is 0 Å². The van der Waals surface area contributed by atoms with E-state index in [-0.39, 0.29) is 11.8 Å². The highest BCUT2D eigenvalue weighted by Crippen LogP contribution is 2.15. The molecule has 0 aliphatic heterocycles. The minimum absolute atomic E-state index is 0.221. The molecule has 5 nitrogen and oxygen atoms in total. The molecule has 1 aromatic heterocycles. The van der Waals surface area contributed by atoms with E-state index in [1.807, 2.05) is 12.1 Å². The molecule has 0 aliphatic rings. The summed E-state index contributed by atoms with van der Waals surface area (Å²) >= 11 is 0. The van der Waals surface area contributed by atoms with Crippen molar-refractivity contribution < 1.29 is 8.42 Å². The van der Waals surface area contributed by atoms with Gasteiger partial charge in [-0.3, -0.25) is 4.98 Å². The van der Waals surface area contributed by atoms with Crippen LogP contribution in [0, 0.1) is 11.3 Å². The number of nitrogens with one attached hydrogen (secondary N) is 1. The number of pyridine rings is 1. The molecule has 0 amide bonds. The molecule has 21 heavy (non-hydrogen) atoms. The molecule has 1 heterocycles. The molecule has 0 saturated heterocycles. The number of benzene rings is 1. The number of nitrogens with zero attached hydrogens (tertiary/aromatic N) is 2. The van der Waals surface area contributed by atoms with Crippen molar-refractivity contribution in [3.63, 3.8) is 0 Å². The van der Waals surface area contributed by atoms with Gasteiger partial charge in [0.25, 0.3) is 0 Å². The number of hydrogen-bond donors (Lipinski definition) is 1. The van der Waals surface area contributed by atoms with Crippen LogP contribution in [-0.2, 0) is 15.8 Å². The predicted octanol–water partition coefficient (Wildman–Crippen LogP) is 2.13. The summed E-state index contributed by atoms with van der Waals surface area (Å²) in [7, 11) is -3.54. The third-order valence-corrected chi connectivity index (χ3v) is 4.43. The average Bonchev–Trinajstić information content (AvgIpc) is 2.47. The molecule has 0 bridgehead atoms. The maximum Gasteiger partial charge on any atom is 0.216 e. The molecule has 1 aromatic carbocycles. The molecular weight excluding hydrogens is 286 g/mol. The number of aromatic nitrogens is 1. The molecule has 0 fully saturated rings. The van der Waals surface area contributed by atoms with Gasteiger partial charge in [0, 0.05) is 18.4 Å². The Morgan fingerprint density at radius 3 is 2.71 bits per heavy atom. The Morgan fingerprint density at radius 2 is 2.05 bits per heavy atom. The van der Waals surface area contributed by atoms with E-state index in [1.165, 1.54) is 0 Å². The first-order valence-electron chi connectivity index (χ1n) is 6.40. The Labute approximate surface area is 124 Å². The van der Waals surface area contributed by atoms with Crippen LogP contribution >= 0.6 is 0 Å². The van der Waals surface area contributed by atoms with Gasteiger partial charge in [0.1, 0.15) is 0 Å². The van der Waals surface area contributed by atoms with Crippen LogP contribution in [0.25, 0.3) is 0 Å². The zero-order chi connectivity index (χ0) is 15.3. The minimum Gasteiger partial charge on any atom is -0.264 e. The van der Waals surface area contributed by atoms with Crippen molar-refractivity contribution in [2.75, 3.05) is 0 Å². The lowest BCUT2D eigenvalue weighted by Crippen LogP contribution is -2.28. The fourth-order valence-electron chi connectivity index (χ4n) is 1.97. The molecule has 6 heteroatoms. The Balaban J connectivity index is 2.14. The maximum absolute atomic E-state index is 12.2. The van der Waals surface area contributed by atoms with Gasteiger partial charge in [-0.25, -0.2) is 13.1 Å². The van der Waals surface area contributed by atoms with E-state index in [0.717, 1.165) is 5.56 Å². The number of hydrogen-bond acceptors (Lipinski definition) is 4. The van der Waals surface area contributed by atoms with Gasteiger partial charge in [-0.2, -0.15) is 5.26 Å². The lowest BCUT2D eigenvalue weighted by molar-refractivity contribution is 0.565. The largest absolute Gasteiger partial charge is 0.264 e. The molecule has 0 aliphatic carbocycles.